The summed E-state index contributed by atoms with van der Waals surface area (Å²) in [5, 5.41) is 0. The van der Waals surface area contributed by atoms with E-state index in [1.807, 2.05) is 0 Å². The Morgan fingerprint density at radius 3 is 1.52 bits per heavy atom. The van der Waals surface area contributed by atoms with Crippen LogP contribution in [-0.4, -0.2) is 6.11 Å². The minimum absolute atomic E-state index is 0.340. The molecule has 3 fully saturated rings. The van der Waals surface area contributed by atoms with E-state index in [4.69, 9.17) is 0 Å². The summed E-state index contributed by atoms with van der Waals surface area (Å²) < 4.78 is 73.6. The predicted octanol–water partition coefficient (Wildman–Crippen LogP) is 8.27. The van der Waals surface area contributed by atoms with E-state index in [-0.39, 0.29) is 0 Å². The maximum atomic E-state index is 14.6. The number of alkyl halides is 2. The van der Waals surface area contributed by atoms with E-state index < -0.39 is 35.2 Å². The third-order valence-corrected chi connectivity index (χ3v) is 8.26. The topological polar surface area (TPSA) is 9.23 Å². The molecule has 1 nitrogen and oxygen atoms in total. The van der Waals surface area contributed by atoms with Crippen molar-refractivity contribution in [2.45, 2.75) is 89.6 Å². The lowest BCUT2D eigenvalue weighted by Gasteiger charge is -2.41. The molecule has 0 aromatic heterocycles. The summed E-state index contributed by atoms with van der Waals surface area (Å²) in [5.74, 6) is -3.52. The first-order valence-corrected chi connectivity index (χ1v) is 12.0. The largest absolute Gasteiger partial charge is 0.432 e. The Labute approximate surface area is 181 Å². The lowest BCUT2D eigenvalue weighted by atomic mass is 9.65. The normalized spacial score (nSPS) is 30.9. The Hall–Kier alpha value is -1.33. The molecule has 0 bridgehead atoms. The number of rotatable bonds is 5. The molecular formula is C25H33F5O. The second-order valence-corrected chi connectivity index (χ2v) is 10.0. The minimum atomic E-state index is -3.53. The van der Waals surface area contributed by atoms with E-state index in [1.54, 1.807) is 0 Å². The van der Waals surface area contributed by atoms with Crippen molar-refractivity contribution in [1.82, 2.24) is 0 Å². The minimum Gasteiger partial charge on any atom is -0.432 e. The van der Waals surface area contributed by atoms with E-state index in [9.17, 15) is 22.0 Å². The van der Waals surface area contributed by atoms with Crippen LogP contribution in [0.1, 0.15) is 83.5 Å². The van der Waals surface area contributed by atoms with Gasteiger partial charge in [0.05, 0.1) is 5.92 Å². The molecule has 0 heterocycles. The number of hydrogen-bond acceptors (Lipinski definition) is 1. The van der Waals surface area contributed by atoms with Gasteiger partial charge >= 0.3 is 6.11 Å². The molecule has 31 heavy (non-hydrogen) atoms. The number of ether oxygens (including phenoxy) is 1. The van der Waals surface area contributed by atoms with Crippen LogP contribution < -0.4 is 4.74 Å². The summed E-state index contributed by atoms with van der Waals surface area (Å²) in [6.07, 6.45) is 10.6. The third-order valence-electron chi connectivity index (χ3n) is 8.26. The highest BCUT2D eigenvalue weighted by atomic mass is 19.3. The van der Waals surface area contributed by atoms with Crippen LogP contribution in [-0.2, 0) is 0 Å². The van der Waals surface area contributed by atoms with Gasteiger partial charge in [-0.05, 0) is 75.0 Å². The maximum Gasteiger partial charge on any atom is 0.400 e. The number of benzene rings is 1. The SMILES string of the molecule is Fc1cc(OC(F)(F)C2CCC(C3CCC(C4CCCCC4)CC3)CC2)cc(F)c1F. The first kappa shape index (κ1) is 22.8. The Morgan fingerprint density at radius 1 is 0.613 bits per heavy atom. The molecule has 3 saturated carbocycles. The highest BCUT2D eigenvalue weighted by Gasteiger charge is 2.45. The second-order valence-electron chi connectivity index (χ2n) is 10.0. The molecule has 0 radical (unpaired) electrons. The molecule has 0 unspecified atom stereocenters. The molecule has 3 aliphatic carbocycles. The van der Waals surface area contributed by atoms with Gasteiger partial charge in [0.15, 0.2) is 17.5 Å². The lowest BCUT2D eigenvalue weighted by Crippen LogP contribution is -2.38. The lowest BCUT2D eigenvalue weighted by molar-refractivity contribution is -0.224. The standard InChI is InChI=1S/C25H33F5O/c26-22-14-21(15-23(27)24(22)28)31-25(29,30)20-12-10-19(11-13-20)18-8-6-17(7-9-18)16-4-2-1-3-5-16/h14-20H,1-13H2. The molecule has 0 saturated heterocycles. The van der Waals surface area contributed by atoms with Crippen LogP contribution in [0.2, 0.25) is 0 Å². The predicted molar refractivity (Wildman–Crippen MR) is 109 cm³/mol. The van der Waals surface area contributed by atoms with Crippen LogP contribution in [0.5, 0.6) is 5.75 Å². The molecule has 4 rings (SSSR count). The van der Waals surface area contributed by atoms with Crippen LogP contribution >= 0.6 is 0 Å². The molecule has 174 valence electrons. The van der Waals surface area contributed by atoms with Crippen molar-refractivity contribution >= 4 is 0 Å². The van der Waals surface area contributed by atoms with Gasteiger partial charge in [0.1, 0.15) is 5.75 Å². The van der Waals surface area contributed by atoms with Crippen molar-refractivity contribution in [3.8, 4) is 5.75 Å². The van der Waals surface area contributed by atoms with Gasteiger partial charge in [-0.1, -0.05) is 32.1 Å². The molecule has 0 amide bonds. The monoisotopic (exact) mass is 444 g/mol. The average Bonchev–Trinajstić information content (AvgIpc) is 2.78. The van der Waals surface area contributed by atoms with Gasteiger partial charge in [-0.15, -0.1) is 0 Å². The van der Waals surface area contributed by atoms with Crippen molar-refractivity contribution in [3.63, 3.8) is 0 Å². The van der Waals surface area contributed by atoms with Gasteiger partial charge in [-0.25, -0.2) is 13.2 Å². The van der Waals surface area contributed by atoms with Crippen molar-refractivity contribution in [2.75, 3.05) is 0 Å². The summed E-state index contributed by atoms with van der Waals surface area (Å²) in [6.45, 7) is 0. The molecule has 0 spiro atoms. The molecule has 0 atom stereocenters. The highest BCUT2D eigenvalue weighted by Crippen LogP contribution is 2.47. The van der Waals surface area contributed by atoms with Gasteiger partial charge in [0.25, 0.3) is 0 Å². The number of halogens is 5. The summed E-state index contributed by atoms with van der Waals surface area (Å²) >= 11 is 0. The van der Waals surface area contributed by atoms with Crippen LogP contribution in [0.4, 0.5) is 22.0 Å². The van der Waals surface area contributed by atoms with Gasteiger partial charge in [-0.3, -0.25) is 0 Å². The Balaban J connectivity index is 1.26. The van der Waals surface area contributed by atoms with Crippen molar-refractivity contribution < 1.29 is 26.7 Å². The molecule has 0 N–H and O–H groups in total. The van der Waals surface area contributed by atoms with Gasteiger partial charge in [-0.2, -0.15) is 8.78 Å². The molecule has 1 aromatic carbocycles. The van der Waals surface area contributed by atoms with Crippen LogP contribution in [0.3, 0.4) is 0 Å². The zero-order valence-corrected chi connectivity index (χ0v) is 18.0. The molecular weight excluding hydrogens is 411 g/mol. The smallest absolute Gasteiger partial charge is 0.400 e. The summed E-state index contributed by atoms with van der Waals surface area (Å²) in [4.78, 5) is 0. The average molecular weight is 445 g/mol. The van der Waals surface area contributed by atoms with Gasteiger partial charge in [0, 0.05) is 12.1 Å². The molecule has 0 aliphatic heterocycles. The van der Waals surface area contributed by atoms with Crippen LogP contribution in [0.25, 0.3) is 0 Å². The van der Waals surface area contributed by atoms with Gasteiger partial charge in [0.2, 0.25) is 0 Å². The third kappa shape index (κ3) is 5.36. The summed E-state index contributed by atoms with van der Waals surface area (Å²) in [7, 11) is 0. The maximum absolute atomic E-state index is 14.6. The quantitative estimate of drug-likeness (QED) is 0.328. The van der Waals surface area contributed by atoms with Crippen molar-refractivity contribution in [3.05, 3.63) is 29.6 Å². The first-order chi connectivity index (χ1) is 14.8. The van der Waals surface area contributed by atoms with E-state index in [1.165, 1.54) is 57.8 Å². The molecule has 6 heteroatoms. The van der Waals surface area contributed by atoms with Crippen molar-refractivity contribution in [1.29, 1.82) is 0 Å². The number of hydrogen-bond donors (Lipinski definition) is 0. The first-order valence-electron chi connectivity index (χ1n) is 12.0. The zero-order valence-electron chi connectivity index (χ0n) is 18.0. The summed E-state index contributed by atoms with van der Waals surface area (Å²) in [6, 6.07) is 0.950. The fourth-order valence-corrected chi connectivity index (χ4v) is 6.45. The van der Waals surface area contributed by atoms with Gasteiger partial charge < -0.3 is 4.74 Å². The summed E-state index contributed by atoms with van der Waals surface area (Å²) in [5.41, 5.74) is 0. The van der Waals surface area contributed by atoms with Crippen LogP contribution in [0, 0.1) is 47.0 Å². The van der Waals surface area contributed by atoms with E-state index in [0.717, 1.165) is 24.7 Å². The Morgan fingerprint density at radius 2 is 1.03 bits per heavy atom. The second kappa shape index (κ2) is 9.66. The molecule has 3 aliphatic rings. The van der Waals surface area contributed by atoms with E-state index in [0.29, 0.717) is 36.8 Å². The Bertz CT molecular complexity index is 706. The highest BCUT2D eigenvalue weighted by molar-refractivity contribution is 5.25. The van der Waals surface area contributed by atoms with Crippen molar-refractivity contribution in [2.24, 2.45) is 29.6 Å². The Kier molecular flexibility index (Phi) is 7.12. The van der Waals surface area contributed by atoms with E-state index >= 15 is 0 Å². The van der Waals surface area contributed by atoms with E-state index in [2.05, 4.69) is 4.74 Å². The fourth-order valence-electron chi connectivity index (χ4n) is 6.45. The van der Waals surface area contributed by atoms with Crippen LogP contribution in [0.15, 0.2) is 12.1 Å². The zero-order chi connectivity index (χ0) is 22.0. The molecule has 1 aromatic rings. The fraction of sp³-hybridized carbons (Fsp3) is 0.760.